The number of thiazole rings is 1. The molecule has 0 aliphatic rings. The fourth-order valence-electron chi connectivity index (χ4n) is 1.07. The van der Waals surface area contributed by atoms with E-state index in [0.29, 0.717) is 0 Å². The Morgan fingerprint density at radius 2 is 2.12 bits per heavy atom. The van der Waals surface area contributed by atoms with Crippen LogP contribution >= 0.6 is 11.3 Å². The third kappa shape index (κ3) is 2.11. The molecular formula is C8H4F3N3OS. The number of hydrogen-bond donors (Lipinski definition) is 1. The van der Waals surface area contributed by atoms with Crippen molar-refractivity contribution < 1.29 is 13.2 Å². The third-order valence-electron chi connectivity index (χ3n) is 1.70. The number of H-pyrrole nitrogens is 1. The molecule has 84 valence electrons. The lowest BCUT2D eigenvalue weighted by Crippen LogP contribution is -2.19. The van der Waals surface area contributed by atoms with Crippen LogP contribution in [0.1, 0.15) is 5.69 Å². The molecule has 0 amide bonds. The van der Waals surface area contributed by atoms with E-state index in [9.17, 15) is 18.0 Å². The summed E-state index contributed by atoms with van der Waals surface area (Å²) < 4.78 is 37.1. The first-order valence-corrected chi connectivity index (χ1v) is 4.93. The Morgan fingerprint density at radius 1 is 1.38 bits per heavy atom. The number of nitrogens with zero attached hydrogens (tertiary/aromatic N) is 2. The van der Waals surface area contributed by atoms with E-state index < -0.39 is 17.6 Å². The highest BCUT2D eigenvalue weighted by atomic mass is 32.1. The van der Waals surface area contributed by atoms with Crippen molar-refractivity contribution in [3.8, 4) is 10.7 Å². The third-order valence-corrected chi connectivity index (χ3v) is 2.50. The van der Waals surface area contributed by atoms with Gasteiger partial charge in [0.2, 0.25) is 0 Å². The van der Waals surface area contributed by atoms with Gasteiger partial charge in [-0.2, -0.15) is 18.2 Å². The zero-order valence-corrected chi connectivity index (χ0v) is 8.39. The van der Waals surface area contributed by atoms with Crippen LogP contribution in [0.4, 0.5) is 13.2 Å². The largest absolute Gasteiger partial charge is 0.431 e. The van der Waals surface area contributed by atoms with E-state index in [4.69, 9.17) is 0 Å². The minimum absolute atomic E-state index is 0.0777. The maximum Gasteiger partial charge on any atom is 0.431 e. The summed E-state index contributed by atoms with van der Waals surface area (Å²) in [6.45, 7) is 0. The average molecular weight is 247 g/mol. The molecule has 16 heavy (non-hydrogen) atoms. The van der Waals surface area contributed by atoms with Gasteiger partial charge in [0.25, 0.3) is 0 Å². The molecule has 0 radical (unpaired) electrons. The molecule has 1 N–H and O–H groups in total. The Balaban J connectivity index is 2.57. The van der Waals surface area contributed by atoms with Crippen LogP contribution in [-0.4, -0.2) is 15.0 Å². The van der Waals surface area contributed by atoms with Crippen LogP contribution in [0.15, 0.2) is 22.4 Å². The minimum atomic E-state index is -4.60. The molecule has 2 heterocycles. The number of rotatable bonds is 1. The molecule has 2 rings (SSSR count). The summed E-state index contributed by atoms with van der Waals surface area (Å²) in [5.74, 6) is 0. The molecule has 0 aliphatic carbocycles. The van der Waals surface area contributed by atoms with Crippen molar-refractivity contribution in [1.82, 2.24) is 15.0 Å². The number of nitrogens with one attached hydrogen (secondary N) is 1. The van der Waals surface area contributed by atoms with Gasteiger partial charge in [-0.3, -0.25) is 0 Å². The van der Waals surface area contributed by atoms with Gasteiger partial charge in [0.1, 0.15) is 16.4 Å². The highest BCUT2D eigenvalue weighted by molar-refractivity contribution is 7.13. The Morgan fingerprint density at radius 3 is 2.69 bits per heavy atom. The predicted molar refractivity (Wildman–Crippen MR) is 51.0 cm³/mol. The van der Waals surface area contributed by atoms with Crippen LogP contribution in [-0.2, 0) is 6.18 Å². The number of alkyl halides is 3. The zero-order chi connectivity index (χ0) is 11.8. The summed E-state index contributed by atoms with van der Waals surface area (Å²) in [5, 5.41) is 1.86. The lowest BCUT2D eigenvalue weighted by atomic mass is 10.3. The van der Waals surface area contributed by atoms with Crippen molar-refractivity contribution >= 4 is 11.3 Å². The number of aromatic amines is 1. The molecule has 2 aromatic rings. The lowest BCUT2D eigenvalue weighted by molar-refractivity contribution is -0.141. The standard InChI is InChI=1S/C8H4F3N3OS/c9-8(10,11)5-3-4(13-7(15)14-5)6-12-1-2-16-6/h1-3H,(H,13,14,15). The van der Waals surface area contributed by atoms with Crippen LogP contribution in [0.3, 0.4) is 0 Å². The van der Waals surface area contributed by atoms with Crippen molar-refractivity contribution in [3.05, 3.63) is 33.8 Å². The quantitative estimate of drug-likeness (QED) is 0.837. The molecule has 0 fully saturated rings. The molecule has 8 heteroatoms. The van der Waals surface area contributed by atoms with Crippen molar-refractivity contribution in [2.45, 2.75) is 6.18 Å². The monoisotopic (exact) mass is 247 g/mol. The molecule has 0 aromatic carbocycles. The fraction of sp³-hybridized carbons (Fsp3) is 0.125. The molecule has 0 atom stereocenters. The predicted octanol–water partition coefficient (Wildman–Crippen LogP) is 1.91. The van der Waals surface area contributed by atoms with Gasteiger partial charge >= 0.3 is 11.9 Å². The first-order valence-electron chi connectivity index (χ1n) is 4.05. The number of aromatic nitrogens is 3. The first kappa shape index (κ1) is 10.8. The van der Waals surface area contributed by atoms with Gasteiger partial charge in [0.15, 0.2) is 0 Å². The van der Waals surface area contributed by atoms with Crippen LogP contribution < -0.4 is 5.69 Å². The van der Waals surface area contributed by atoms with Gasteiger partial charge in [-0.25, -0.2) is 9.78 Å². The van der Waals surface area contributed by atoms with Gasteiger partial charge in [0, 0.05) is 11.6 Å². The van der Waals surface area contributed by atoms with Crippen LogP contribution in [0.5, 0.6) is 0 Å². The normalized spacial score (nSPS) is 11.7. The van der Waals surface area contributed by atoms with Gasteiger partial charge in [-0.1, -0.05) is 0 Å². The molecule has 0 aliphatic heterocycles. The van der Waals surface area contributed by atoms with E-state index in [-0.39, 0.29) is 10.7 Å². The van der Waals surface area contributed by atoms with E-state index in [1.165, 1.54) is 6.20 Å². The SMILES string of the molecule is O=c1nc(-c2nccs2)cc(C(F)(F)F)[nH]1. The Bertz CT molecular complexity index is 546. The molecule has 0 saturated carbocycles. The Labute approximate surface area is 90.8 Å². The zero-order valence-electron chi connectivity index (χ0n) is 7.58. The van der Waals surface area contributed by atoms with Crippen LogP contribution in [0, 0.1) is 0 Å². The number of halogens is 3. The minimum Gasteiger partial charge on any atom is -0.302 e. The maximum absolute atomic E-state index is 12.4. The molecule has 4 nitrogen and oxygen atoms in total. The topological polar surface area (TPSA) is 58.6 Å². The van der Waals surface area contributed by atoms with Crippen molar-refractivity contribution in [2.75, 3.05) is 0 Å². The van der Waals surface area contributed by atoms with Crippen molar-refractivity contribution in [1.29, 1.82) is 0 Å². The van der Waals surface area contributed by atoms with Crippen molar-refractivity contribution in [3.63, 3.8) is 0 Å². The molecule has 0 unspecified atom stereocenters. The van der Waals surface area contributed by atoms with Crippen molar-refractivity contribution in [2.24, 2.45) is 0 Å². The Kier molecular flexibility index (Phi) is 2.50. The maximum atomic E-state index is 12.4. The van der Waals surface area contributed by atoms with E-state index in [2.05, 4.69) is 9.97 Å². The second-order valence-electron chi connectivity index (χ2n) is 2.82. The highest BCUT2D eigenvalue weighted by Gasteiger charge is 2.32. The second kappa shape index (κ2) is 3.71. The summed E-state index contributed by atoms with van der Waals surface area (Å²) in [4.78, 5) is 19.8. The van der Waals surface area contributed by atoms with Gasteiger partial charge in [-0.05, 0) is 6.07 Å². The molecule has 2 aromatic heterocycles. The highest BCUT2D eigenvalue weighted by Crippen LogP contribution is 2.29. The van der Waals surface area contributed by atoms with E-state index in [1.807, 2.05) is 0 Å². The fourth-order valence-corrected chi connectivity index (χ4v) is 1.67. The van der Waals surface area contributed by atoms with Gasteiger partial charge in [0.05, 0.1) is 0 Å². The molecule has 0 spiro atoms. The van der Waals surface area contributed by atoms with Gasteiger partial charge < -0.3 is 4.98 Å². The molecule has 0 saturated heterocycles. The van der Waals surface area contributed by atoms with Crippen LogP contribution in [0.25, 0.3) is 10.7 Å². The summed E-state index contributed by atoms with van der Waals surface area (Å²) in [7, 11) is 0. The van der Waals surface area contributed by atoms with E-state index >= 15 is 0 Å². The summed E-state index contributed by atoms with van der Waals surface area (Å²) in [6.07, 6.45) is -3.18. The first-order chi connectivity index (χ1) is 7.47. The molecule has 0 bridgehead atoms. The average Bonchev–Trinajstić information content (AvgIpc) is 2.68. The number of hydrogen-bond acceptors (Lipinski definition) is 4. The Hall–Kier alpha value is -1.70. The smallest absolute Gasteiger partial charge is 0.302 e. The summed E-state index contributed by atoms with van der Waals surface area (Å²) in [5.41, 5.74) is -2.25. The van der Waals surface area contributed by atoms with E-state index in [1.54, 1.807) is 10.4 Å². The van der Waals surface area contributed by atoms with E-state index in [0.717, 1.165) is 17.4 Å². The summed E-state index contributed by atoms with van der Waals surface area (Å²) >= 11 is 1.11. The summed E-state index contributed by atoms with van der Waals surface area (Å²) in [6, 6.07) is 0.764. The molecular weight excluding hydrogens is 243 g/mol. The van der Waals surface area contributed by atoms with Gasteiger partial charge in [-0.15, -0.1) is 11.3 Å². The van der Waals surface area contributed by atoms with Crippen LogP contribution in [0.2, 0.25) is 0 Å². The second-order valence-corrected chi connectivity index (χ2v) is 3.71. The lowest BCUT2D eigenvalue weighted by Gasteiger charge is -2.06.